The highest BCUT2D eigenvalue weighted by atomic mass is 127. The van der Waals surface area contributed by atoms with Crippen LogP contribution in [0.4, 0.5) is 0 Å². The molecule has 0 atom stereocenters. The molecule has 0 saturated carbocycles. The van der Waals surface area contributed by atoms with Crippen molar-refractivity contribution < 1.29 is 0 Å². The zero-order valence-corrected chi connectivity index (χ0v) is 11.1. The molecule has 0 aliphatic heterocycles. The van der Waals surface area contributed by atoms with Crippen LogP contribution >= 0.6 is 22.6 Å². The summed E-state index contributed by atoms with van der Waals surface area (Å²) >= 11 is 2.22. The maximum Gasteiger partial charge on any atom is 0.131 e. The Labute approximate surface area is 113 Å². The topological polar surface area (TPSA) is 25.8 Å². The van der Waals surface area contributed by atoms with Gasteiger partial charge in [0.2, 0.25) is 0 Å². The molecule has 0 spiro atoms. The van der Waals surface area contributed by atoms with Gasteiger partial charge in [0, 0.05) is 16.3 Å². The lowest BCUT2D eigenvalue weighted by Crippen LogP contribution is -1.93. The van der Waals surface area contributed by atoms with E-state index in [1.54, 1.807) is 0 Å². The summed E-state index contributed by atoms with van der Waals surface area (Å²) < 4.78 is 0.942. The van der Waals surface area contributed by atoms with Crippen molar-refractivity contribution in [3.05, 3.63) is 58.3 Å². The molecule has 0 N–H and O–H groups in total. The van der Waals surface area contributed by atoms with Crippen molar-refractivity contribution in [2.24, 2.45) is 0 Å². The van der Waals surface area contributed by atoms with Crippen molar-refractivity contribution in [1.29, 1.82) is 0 Å². The van der Waals surface area contributed by atoms with E-state index in [-0.39, 0.29) is 0 Å². The van der Waals surface area contributed by atoms with Gasteiger partial charge in [-0.1, -0.05) is 54.6 Å². The summed E-state index contributed by atoms with van der Waals surface area (Å²) in [7, 11) is 0. The minimum atomic E-state index is 0.942. The molecule has 1 heterocycles. The van der Waals surface area contributed by atoms with Gasteiger partial charge in [0.25, 0.3) is 0 Å². The minimum absolute atomic E-state index is 0.942. The Morgan fingerprint density at radius 1 is 0.706 bits per heavy atom. The highest BCUT2D eigenvalue weighted by molar-refractivity contribution is 14.1. The fraction of sp³-hybridized carbons (Fsp3) is 0. The largest absolute Gasteiger partial charge is 0.149 e. The summed E-state index contributed by atoms with van der Waals surface area (Å²) in [4.78, 5) is 0. The van der Waals surface area contributed by atoms with E-state index in [2.05, 4.69) is 57.1 Å². The number of hydrogen-bond donors (Lipinski definition) is 0. The number of hydrogen-bond acceptors (Lipinski definition) is 2. The molecule has 0 radical (unpaired) electrons. The van der Waals surface area contributed by atoms with Crippen molar-refractivity contribution in [2.45, 2.75) is 0 Å². The predicted octanol–water partition coefficient (Wildman–Crippen LogP) is 3.90. The Balaban J connectivity index is 2.35. The molecular formula is C14H9IN2. The number of nitrogens with zero attached hydrogens (tertiary/aromatic N) is 2. The van der Waals surface area contributed by atoms with Crippen LogP contribution in [-0.4, -0.2) is 10.2 Å². The van der Waals surface area contributed by atoms with E-state index in [0.29, 0.717) is 0 Å². The Morgan fingerprint density at radius 3 is 2.12 bits per heavy atom. The molecule has 1 aromatic heterocycles. The number of benzene rings is 2. The van der Waals surface area contributed by atoms with Gasteiger partial charge >= 0.3 is 0 Å². The molecule has 2 nitrogen and oxygen atoms in total. The summed E-state index contributed by atoms with van der Waals surface area (Å²) in [6.07, 6.45) is 0. The molecule has 17 heavy (non-hydrogen) atoms. The van der Waals surface area contributed by atoms with Gasteiger partial charge in [-0.25, -0.2) is 0 Å². The summed E-state index contributed by atoms with van der Waals surface area (Å²) in [6.45, 7) is 0. The van der Waals surface area contributed by atoms with E-state index in [0.717, 1.165) is 25.7 Å². The quantitative estimate of drug-likeness (QED) is 0.632. The van der Waals surface area contributed by atoms with Gasteiger partial charge in [-0.2, -0.15) is 0 Å². The standard InChI is InChI=1S/C14H9IN2/c15-14-12-9-5-4-8-11(12)13(16-17-14)10-6-2-1-3-7-10/h1-9H. The second kappa shape index (κ2) is 4.41. The van der Waals surface area contributed by atoms with Crippen LogP contribution < -0.4 is 0 Å². The number of fused-ring (bicyclic) bond motifs is 1. The third kappa shape index (κ3) is 1.91. The Morgan fingerprint density at radius 2 is 1.35 bits per heavy atom. The molecule has 0 aliphatic carbocycles. The normalized spacial score (nSPS) is 10.6. The molecule has 0 unspecified atom stereocenters. The number of rotatable bonds is 1. The fourth-order valence-electron chi connectivity index (χ4n) is 1.88. The smallest absolute Gasteiger partial charge is 0.131 e. The second-order valence-corrected chi connectivity index (χ2v) is 4.77. The number of halogens is 1. The van der Waals surface area contributed by atoms with E-state index in [1.165, 1.54) is 0 Å². The van der Waals surface area contributed by atoms with Crippen molar-refractivity contribution in [2.75, 3.05) is 0 Å². The molecule has 2 aromatic carbocycles. The molecule has 0 aliphatic rings. The number of aromatic nitrogens is 2. The molecule has 0 bridgehead atoms. The Hall–Kier alpha value is -1.49. The minimum Gasteiger partial charge on any atom is -0.149 e. The van der Waals surface area contributed by atoms with Crippen LogP contribution in [0.5, 0.6) is 0 Å². The molecule has 3 rings (SSSR count). The van der Waals surface area contributed by atoms with E-state index >= 15 is 0 Å². The lowest BCUT2D eigenvalue weighted by atomic mass is 10.1. The maximum absolute atomic E-state index is 4.32. The van der Waals surface area contributed by atoms with Crippen LogP contribution in [0.25, 0.3) is 22.0 Å². The first-order valence-electron chi connectivity index (χ1n) is 5.32. The molecule has 0 amide bonds. The van der Waals surface area contributed by atoms with Gasteiger partial charge in [0.1, 0.15) is 9.39 Å². The predicted molar refractivity (Wildman–Crippen MR) is 77.7 cm³/mol. The van der Waals surface area contributed by atoms with Crippen LogP contribution in [0, 0.1) is 3.70 Å². The van der Waals surface area contributed by atoms with Gasteiger partial charge < -0.3 is 0 Å². The summed E-state index contributed by atoms with van der Waals surface area (Å²) in [6, 6.07) is 18.4. The lowest BCUT2D eigenvalue weighted by molar-refractivity contribution is 1.03. The van der Waals surface area contributed by atoms with Crippen molar-refractivity contribution in [1.82, 2.24) is 10.2 Å². The summed E-state index contributed by atoms with van der Waals surface area (Å²) in [5.74, 6) is 0. The highest BCUT2D eigenvalue weighted by Crippen LogP contribution is 2.27. The Bertz CT molecular complexity index is 665. The molecule has 0 fully saturated rings. The molecule has 3 heteroatoms. The molecule has 0 saturated heterocycles. The monoisotopic (exact) mass is 332 g/mol. The average Bonchev–Trinajstić information content (AvgIpc) is 2.41. The molecule has 3 aromatic rings. The van der Waals surface area contributed by atoms with Gasteiger partial charge in [0.15, 0.2) is 0 Å². The lowest BCUT2D eigenvalue weighted by Gasteiger charge is -2.05. The first kappa shape index (κ1) is 10.7. The fourth-order valence-corrected chi connectivity index (χ4v) is 2.46. The first-order valence-corrected chi connectivity index (χ1v) is 6.40. The third-order valence-corrected chi connectivity index (χ3v) is 3.49. The molecular weight excluding hydrogens is 323 g/mol. The van der Waals surface area contributed by atoms with E-state index in [4.69, 9.17) is 0 Å². The van der Waals surface area contributed by atoms with Crippen molar-refractivity contribution in [3.8, 4) is 11.3 Å². The average molecular weight is 332 g/mol. The van der Waals surface area contributed by atoms with E-state index in [1.807, 2.05) is 30.3 Å². The SMILES string of the molecule is Ic1nnc(-c2ccccc2)c2ccccc12. The van der Waals surface area contributed by atoms with Gasteiger partial charge in [-0.05, 0) is 22.6 Å². The summed E-state index contributed by atoms with van der Waals surface area (Å²) in [5.41, 5.74) is 2.05. The van der Waals surface area contributed by atoms with E-state index in [9.17, 15) is 0 Å². The van der Waals surface area contributed by atoms with Crippen LogP contribution in [0.1, 0.15) is 0 Å². The Kier molecular flexibility index (Phi) is 2.76. The maximum atomic E-state index is 4.32. The van der Waals surface area contributed by atoms with Crippen LogP contribution in [0.15, 0.2) is 54.6 Å². The second-order valence-electron chi connectivity index (χ2n) is 3.75. The van der Waals surface area contributed by atoms with Crippen LogP contribution in [-0.2, 0) is 0 Å². The van der Waals surface area contributed by atoms with Crippen LogP contribution in [0.2, 0.25) is 0 Å². The highest BCUT2D eigenvalue weighted by Gasteiger charge is 2.08. The van der Waals surface area contributed by atoms with Gasteiger partial charge in [0.05, 0.1) is 0 Å². The zero-order valence-electron chi connectivity index (χ0n) is 8.97. The van der Waals surface area contributed by atoms with Crippen LogP contribution in [0.3, 0.4) is 0 Å². The summed E-state index contributed by atoms with van der Waals surface area (Å²) in [5, 5.41) is 10.8. The third-order valence-electron chi connectivity index (χ3n) is 2.69. The molecule has 82 valence electrons. The van der Waals surface area contributed by atoms with Crippen molar-refractivity contribution in [3.63, 3.8) is 0 Å². The van der Waals surface area contributed by atoms with Gasteiger partial charge in [-0.15, -0.1) is 10.2 Å². The zero-order chi connectivity index (χ0) is 11.7. The first-order chi connectivity index (χ1) is 8.36. The van der Waals surface area contributed by atoms with E-state index < -0.39 is 0 Å². The van der Waals surface area contributed by atoms with Gasteiger partial charge in [-0.3, -0.25) is 0 Å². The van der Waals surface area contributed by atoms with Crippen molar-refractivity contribution >= 4 is 33.4 Å².